The first-order valence-corrected chi connectivity index (χ1v) is 15.8. The molecule has 5 atom stereocenters. The highest BCUT2D eigenvalue weighted by Crippen LogP contribution is 2.45. The number of fused-ring (bicyclic) bond motifs is 1. The summed E-state index contributed by atoms with van der Waals surface area (Å²) in [5, 5.41) is 16.1. The molecule has 2 fully saturated rings. The van der Waals surface area contributed by atoms with Gasteiger partial charge in [0.2, 0.25) is 11.8 Å². The van der Waals surface area contributed by atoms with Crippen molar-refractivity contribution in [3.8, 4) is 17.0 Å². The van der Waals surface area contributed by atoms with Crippen LogP contribution in [0.5, 0.6) is 5.75 Å². The molecule has 5 rings (SSSR count). The highest BCUT2D eigenvalue weighted by Gasteiger charge is 2.61. The molecule has 11 nitrogen and oxygen atoms in total. The monoisotopic (exact) mass is 642 g/mol. The Balaban J connectivity index is 1.46. The van der Waals surface area contributed by atoms with E-state index in [0.29, 0.717) is 11.4 Å². The van der Waals surface area contributed by atoms with Gasteiger partial charge in [-0.3, -0.25) is 9.59 Å². The van der Waals surface area contributed by atoms with Crippen molar-refractivity contribution in [2.24, 2.45) is 11.8 Å². The number of alkyl carbamates (subject to hydrolysis) is 1. The number of ether oxygens (including phenoxy) is 2. The van der Waals surface area contributed by atoms with Gasteiger partial charge in [-0.05, 0) is 45.2 Å². The standard InChI is InChI=1S/C36H42N4O7/c1-7-23-19-36(23,33(43)44)39-31(41)28-17-24(20-40(28)32(42)30(21(2)3)38-34(45)47-35(4,5)6)46-29-18-27(22-13-9-8-10-14-22)37-26-16-12-11-15-25(26)29/h7-16,18,21,23-24,28,30H,1,17,19-20H2,2-6H3,(H,38,45)(H,39,41)(H,43,44)/t23?,24-,28+,30+,36+/m1/s1. The van der Waals surface area contributed by atoms with Gasteiger partial charge < -0.3 is 30.1 Å². The van der Waals surface area contributed by atoms with Gasteiger partial charge >= 0.3 is 12.1 Å². The molecule has 1 unspecified atom stereocenters. The number of aromatic nitrogens is 1. The van der Waals surface area contributed by atoms with E-state index in [1.807, 2.05) is 60.7 Å². The zero-order chi connectivity index (χ0) is 34.1. The molecule has 2 aliphatic rings. The van der Waals surface area contributed by atoms with Crippen molar-refractivity contribution in [2.75, 3.05) is 6.54 Å². The van der Waals surface area contributed by atoms with Crippen molar-refractivity contribution in [3.05, 3.63) is 73.3 Å². The van der Waals surface area contributed by atoms with Crippen LogP contribution in [-0.2, 0) is 19.1 Å². The van der Waals surface area contributed by atoms with Crippen LogP contribution in [0.4, 0.5) is 4.79 Å². The van der Waals surface area contributed by atoms with Gasteiger partial charge in [-0.1, -0.05) is 62.4 Å². The van der Waals surface area contributed by atoms with Gasteiger partial charge in [0.25, 0.3) is 0 Å². The molecule has 0 radical (unpaired) electrons. The number of hydrogen-bond acceptors (Lipinski definition) is 7. The summed E-state index contributed by atoms with van der Waals surface area (Å²) in [7, 11) is 0. The smallest absolute Gasteiger partial charge is 0.408 e. The van der Waals surface area contributed by atoms with Crippen LogP contribution >= 0.6 is 0 Å². The van der Waals surface area contributed by atoms with Crippen LogP contribution in [-0.4, -0.2) is 74.7 Å². The largest absolute Gasteiger partial charge is 0.488 e. The number of carbonyl (C=O) groups excluding carboxylic acids is 3. The molecule has 2 heterocycles. The fraction of sp³-hybridized carbons (Fsp3) is 0.417. The quantitative estimate of drug-likeness (QED) is 0.264. The molecule has 1 saturated carbocycles. The number of para-hydroxylation sites is 1. The number of carbonyl (C=O) groups is 4. The van der Waals surface area contributed by atoms with Crippen molar-refractivity contribution in [1.29, 1.82) is 0 Å². The first kappa shape index (κ1) is 33.4. The van der Waals surface area contributed by atoms with Crippen LogP contribution in [0.25, 0.3) is 22.2 Å². The van der Waals surface area contributed by atoms with Crippen LogP contribution in [0, 0.1) is 11.8 Å². The third-order valence-corrected chi connectivity index (χ3v) is 8.52. The molecular formula is C36H42N4O7. The van der Waals surface area contributed by atoms with Gasteiger partial charge in [0, 0.05) is 29.4 Å². The van der Waals surface area contributed by atoms with Crippen molar-refractivity contribution in [1.82, 2.24) is 20.5 Å². The normalized spacial score (nSPS) is 22.8. The third kappa shape index (κ3) is 7.24. The van der Waals surface area contributed by atoms with E-state index in [4.69, 9.17) is 14.5 Å². The molecule has 0 bridgehead atoms. The van der Waals surface area contributed by atoms with Crippen LogP contribution in [0.2, 0.25) is 0 Å². The van der Waals surface area contributed by atoms with Crippen LogP contribution < -0.4 is 15.4 Å². The average molecular weight is 643 g/mol. The molecule has 3 aromatic rings. The lowest BCUT2D eigenvalue weighted by Gasteiger charge is -2.31. The molecule has 2 aromatic carbocycles. The minimum Gasteiger partial charge on any atom is -0.488 e. The van der Waals surface area contributed by atoms with Gasteiger partial charge in [-0.2, -0.15) is 0 Å². The summed E-state index contributed by atoms with van der Waals surface area (Å²) in [6.45, 7) is 12.5. The summed E-state index contributed by atoms with van der Waals surface area (Å²) in [6, 6.07) is 17.0. The maximum absolute atomic E-state index is 14.2. The Morgan fingerprint density at radius 1 is 1.09 bits per heavy atom. The molecule has 248 valence electrons. The first-order chi connectivity index (χ1) is 22.2. The predicted octanol–water partition coefficient (Wildman–Crippen LogP) is 4.94. The van der Waals surface area contributed by atoms with E-state index >= 15 is 0 Å². The molecule has 1 saturated heterocycles. The number of carboxylic acid groups (broad SMARTS) is 1. The Morgan fingerprint density at radius 3 is 2.38 bits per heavy atom. The number of aliphatic carboxylic acids is 1. The Morgan fingerprint density at radius 2 is 1.77 bits per heavy atom. The molecule has 3 amide bonds. The van der Waals surface area contributed by atoms with E-state index in [9.17, 15) is 24.3 Å². The van der Waals surface area contributed by atoms with E-state index in [2.05, 4.69) is 17.2 Å². The number of benzene rings is 2. The predicted molar refractivity (Wildman–Crippen MR) is 177 cm³/mol. The van der Waals surface area contributed by atoms with Gasteiger partial charge in [-0.15, -0.1) is 6.58 Å². The van der Waals surface area contributed by atoms with E-state index < -0.39 is 59.1 Å². The molecule has 11 heteroatoms. The topological polar surface area (TPSA) is 147 Å². The second-order valence-corrected chi connectivity index (χ2v) is 13.6. The maximum Gasteiger partial charge on any atom is 0.408 e. The van der Waals surface area contributed by atoms with Crippen molar-refractivity contribution in [2.45, 2.75) is 76.8 Å². The van der Waals surface area contributed by atoms with Crippen molar-refractivity contribution in [3.63, 3.8) is 0 Å². The number of amides is 3. The third-order valence-electron chi connectivity index (χ3n) is 8.52. The zero-order valence-electron chi connectivity index (χ0n) is 27.4. The molecule has 0 spiro atoms. The number of nitrogens with zero attached hydrogens (tertiary/aromatic N) is 2. The molecule has 1 aliphatic heterocycles. The maximum atomic E-state index is 14.2. The number of nitrogens with one attached hydrogen (secondary N) is 2. The fourth-order valence-corrected chi connectivity index (χ4v) is 6.00. The summed E-state index contributed by atoms with van der Waals surface area (Å²) in [5.41, 5.74) is 0.0560. The second kappa shape index (κ2) is 13.1. The Bertz CT molecular complexity index is 1690. The molecule has 47 heavy (non-hydrogen) atoms. The number of likely N-dealkylation sites (tertiary alicyclic amines) is 1. The summed E-state index contributed by atoms with van der Waals surface area (Å²) < 4.78 is 12.0. The van der Waals surface area contributed by atoms with Gasteiger partial charge in [0.05, 0.1) is 17.8 Å². The highest BCUT2D eigenvalue weighted by atomic mass is 16.6. The van der Waals surface area contributed by atoms with Gasteiger partial charge in [0.1, 0.15) is 35.1 Å². The molecule has 1 aromatic heterocycles. The summed E-state index contributed by atoms with van der Waals surface area (Å²) in [5.74, 6) is -2.52. The molecular weight excluding hydrogens is 600 g/mol. The Labute approximate surface area is 274 Å². The van der Waals surface area contributed by atoms with E-state index in [1.54, 1.807) is 34.6 Å². The van der Waals surface area contributed by atoms with E-state index in [0.717, 1.165) is 16.5 Å². The average Bonchev–Trinajstić information content (AvgIpc) is 3.58. The van der Waals surface area contributed by atoms with E-state index in [-0.39, 0.29) is 25.3 Å². The fourth-order valence-electron chi connectivity index (χ4n) is 6.00. The lowest BCUT2D eigenvalue weighted by Crippen LogP contribution is -2.57. The van der Waals surface area contributed by atoms with Crippen LogP contribution in [0.1, 0.15) is 47.5 Å². The van der Waals surface area contributed by atoms with E-state index in [1.165, 1.54) is 11.0 Å². The summed E-state index contributed by atoms with van der Waals surface area (Å²) >= 11 is 0. The number of rotatable bonds is 10. The lowest BCUT2D eigenvalue weighted by atomic mass is 10.0. The Kier molecular flexibility index (Phi) is 9.29. The molecule has 3 N–H and O–H groups in total. The number of hydrogen-bond donors (Lipinski definition) is 3. The second-order valence-electron chi connectivity index (χ2n) is 13.6. The SMILES string of the molecule is C=CC1C[C@@]1(NC(=O)[C@@H]1C[C@@H](Oc2cc(-c3ccccc3)nc3ccccc23)CN1C(=O)[C@@H](NC(=O)OC(C)(C)C)C(C)C)C(=O)O. The minimum absolute atomic E-state index is 0.0262. The van der Waals surface area contributed by atoms with Gasteiger partial charge in [-0.25, -0.2) is 14.6 Å². The summed E-state index contributed by atoms with van der Waals surface area (Å²) in [4.78, 5) is 59.1. The Hall–Kier alpha value is -4.93. The van der Waals surface area contributed by atoms with Crippen LogP contribution in [0.3, 0.4) is 0 Å². The molecule has 1 aliphatic carbocycles. The summed E-state index contributed by atoms with van der Waals surface area (Å²) in [6.07, 6.45) is 0.425. The zero-order valence-corrected chi connectivity index (χ0v) is 27.4. The number of pyridine rings is 1. The van der Waals surface area contributed by atoms with Crippen LogP contribution in [0.15, 0.2) is 73.3 Å². The minimum atomic E-state index is -1.48. The number of carboxylic acids is 1. The lowest BCUT2D eigenvalue weighted by molar-refractivity contribution is -0.146. The highest BCUT2D eigenvalue weighted by molar-refractivity contribution is 5.96. The van der Waals surface area contributed by atoms with Gasteiger partial charge in [0.15, 0.2) is 0 Å². The first-order valence-electron chi connectivity index (χ1n) is 15.8. The van der Waals surface area contributed by atoms with Crippen molar-refractivity contribution < 1.29 is 33.8 Å². The van der Waals surface area contributed by atoms with Crippen molar-refractivity contribution >= 4 is 34.8 Å².